The number of benzene rings is 7. The van der Waals surface area contributed by atoms with Gasteiger partial charge in [0, 0.05) is 49.2 Å². The monoisotopic (exact) mass is 652 g/mol. The molecule has 4 nitrogen and oxygen atoms in total. The number of para-hydroxylation sites is 4. The minimum atomic E-state index is -0.259. The number of rotatable bonds is 3. The van der Waals surface area contributed by atoms with E-state index < -0.39 is 0 Å². The molecule has 0 amide bonds. The van der Waals surface area contributed by atoms with Crippen molar-refractivity contribution in [2.24, 2.45) is 0 Å². The zero-order chi connectivity index (χ0) is 33.8. The summed E-state index contributed by atoms with van der Waals surface area (Å²) in [6.45, 7) is 4.79. The van der Waals surface area contributed by atoms with E-state index in [0.29, 0.717) is 5.95 Å². The molecule has 4 heteroatoms. The first-order valence-electron chi connectivity index (χ1n) is 17.6. The van der Waals surface area contributed by atoms with E-state index in [1.165, 1.54) is 54.8 Å². The van der Waals surface area contributed by atoms with E-state index in [0.717, 1.165) is 38.9 Å². The fourth-order valence-corrected chi connectivity index (χ4v) is 8.99. The van der Waals surface area contributed by atoms with Gasteiger partial charge in [-0.25, -0.2) is 9.97 Å². The molecule has 10 aromatic rings. The molecule has 0 radical (unpaired) electrons. The summed E-state index contributed by atoms with van der Waals surface area (Å²) < 4.78 is 4.84. The molecular weight excluding hydrogens is 621 g/mol. The Morgan fingerprint density at radius 2 is 1.08 bits per heavy atom. The summed E-state index contributed by atoms with van der Waals surface area (Å²) >= 11 is 0. The van der Waals surface area contributed by atoms with Gasteiger partial charge in [0.2, 0.25) is 5.95 Å². The molecule has 51 heavy (non-hydrogen) atoms. The second kappa shape index (κ2) is 10.3. The van der Waals surface area contributed by atoms with Crippen molar-refractivity contribution < 1.29 is 0 Å². The molecule has 0 saturated heterocycles. The Morgan fingerprint density at radius 1 is 0.490 bits per heavy atom. The largest absolute Gasteiger partial charge is 0.309 e. The van der Waals surface area contributed by atoms with Gasteiger partial charge >= 0.3 is 0 Å². The van der Waals surface area contributed by atoms with Gasteiger partial charge < -0.3 is 4.57 Å². The molecule has 0 aliphatic heterocycles. The van der Waals surface area contributed by atoms with E-state index in [4.69, 9.17) is 9.97 Å². The first kappa shape index (κ1) is 28.3. The van der Waals surface area contributed by atoms with Crippen LogP contribution in [0.15, 0.2) is 158 Å². The van der Waals surface area contributed by atoms with Gasteiger partial charge in [0.05, 0.1) is 33.3 Å². The van der Waals surface area contributed by atoms with Crippen molar-refractivity contribution in [3.8, 4) is 34.0 Å². The molecule has 7 aromatic carbocycles. The van der Waals surface area contributed by atoms with Crippen molar-refractivity contribution in [1.82, 2.24) is 19.1 Å². The minimum Gasteiger partial charge on any atom is -0.309 e. The van der Waals surface area contributed by atoms with E-state index >= 15 is 0 Å². The fourth-order valence-electron chi connectivity index (χ4n) is 8.99. The van der Waals surface area contributed by atoms with Gasteiger partial charge in [-0.05, 0) is 47.0 Å². The Bertz CT molecular complexity index is 3040. The van der Waals surface area contributed by atoms with Crippen LogP contribution in [0.4, 0.5) is 0 Å². The Kier molecular flexibility index (Phi) is 5.70. The third kappa shape index (κ3) is 3.74. The van der Waals surface area contributed by atoms with Crippen molar-refractivity contribution in [3.63, 3.8) is 0 Å². The Balaban J connectivity index is 1.43. The number of hydrogen-bond donors (Lipinski definition) is 0. The van der Waals surface area contributed by atoms with Gasteiger partial charge in [0.25, 0.3) is 0 Å². The highest BCUT2D eigenvalue weighted by atomic mass is 15.2. The predicted molar refractivity (Wildman–Crippen MR) is 211 cm³/mol. The normalized spacial score (nSPS) is 13.5. The number of fused-ring (bicyclic) bond motifs is 13. The highest BCUT2D eigenvalue weighted by Crippen LogP contribution is 2.58. The summed E-state index contributed by atoms with van der Waals surface area (Å²) in [6, 6.07) is 56.4. The fraction of sp³-hybridized carbons (Fsp3) is 0.0638. The van der Waals surface area contributed by atoms with Crippen LogP contribution in [0.25, 0.3) is 88.5 Å². The summed E-state index contributed by atoms with van der Waals surface area (Å²) in [5.74, 6) is 0.671. The average Bonchev–Trinajstić information content (AvgIpc) is 3.78. The first-order chi connectivity index (χ1) is 25.1. The number of aromatic nitrogens is 4. The second-order valence-electron chi connectivity index (χ2n) is 14.2. The third-order valence-electron chi connectivity index (χ3n) is 11.1. The van der Waals surface area contributed by atoms with Crippen molar-refractivity contribution in [1.29, 1.82) is 0 Å². The Morgan fingerprint density at radius 3 is 1.84 bits per heavy atom. The van der Waals surface area contributed by atoms with Crippen LogP contribution in [0, 0.1) is 0 Å². The van der Waals surface area contributed by atoms with E-state index in [-0.39, 0.29) is 5.41 Å². The Hall–Kier alpha value is -6.52. The number of nitrogens with zero attached hydrogens (tertiary/aromatic N) is 4. The standard InChI is InChI=1S/C47H32N4/c1-47(2)35-25-13-9-21-31(35)39-42(47)40-33-23-11-16-28-38(33)51(46-48-36-26-14-10-22-32(36)43(49-46)29-17-5-3-6-18-29)45(40)41-34-24-12-15-27-37(34)50(44(39)41)30-19-7-4-8-20-30/h3-28H,1-2H3. The summed E-state index contributed by atoms with van der Waals surface area (Å²) in [5.41, 5.74) is 13.8. The van der Waals surface area contributed by atoms with Gasteiger partial charge in [0.1, 0.15) is 0 Å². The topological polar surface area (TPSA) is 35.6 Å². The van der Waals surface area contributed by atoms with Crippen LogP contribution in [-0.2, 0) is 5.41 Å². The lowest BCUT2D eigenvalue weighted by Crippen LogP contribution is -2.15. The minimum absolute atomic E-state index is 0.259. The van der Waals surface area contributed by atoms with Crippen LogP contribution in [0.2, 0.25) is 0 Å². The molecule has 3 heterocycles. The average molecular weight is 653 g/mol. The zero-order valence-electron chi connectivity index (χ0n) is 28.3. The lowest BCUT2D eigenvalue weighted by molar-refractivity contribution is 0.667. The van der Waals surface area contributed by atoms with Crippen LogP contribution in [0.3, 0.4) is 0 Å². The van der Waals surface area contributed by atoms with Gasteiger partial charge in [-0.15, -0.1) is 0 Å². The molecule has 240 valence electrons. The van der Waals surface area contributed by atoms with E-state index in [1.54, 1.807) is 0 Å². The highest BCUT2D eigenvalue weighted by Gasteiger charge is 2.41. The molecule has 1 aliphatic rings. The van der Waals surface area contributed by atoms with Crippen molar-refractivity contribution in [3.05, 3.63) is 169 Å². The van der Waals surface area contributed by atoms with Crippen LogP contribution in [0.5, 0.6) is 0 Å². The van der Waals surface area contributed by atoms with Crippen LogP contribution < -0.4 is 0 Å². The summed E-state index contributed by atoms with van der Waals surface area (Å²) in [4.78, 5) is 10.9. The molecule has 11 rings (SSSR count). The van der Waals surface area contributed by atoms with Crippen molar-refractivity contribution in [2.45, 2.75) is 19.3 Å². The molecule has 0 spiro atoms. The lowest BCUT2D eigenvalue weighted by Gasteiger charge is -2.23. The molecule has 0 saturated carbocycles. The molecule has 1 aliphatic carbocycles. The molecule has 0 bridgehead atoms. The zero-order valence-corrected chi connectivity index (χ0v) is 28.3. The molecule has 0 fully saturated rings. The molecule has 0 N–H and O–H groups in total. The van der Waals surface area contributed by atoms with Crippen molar-refractivity contribution in [2.75, 3.05) is 0 Å². The molecular formula is C47H32N4. The number of hydrogen-bond acceptors (Lipinski definition) is 2. The van der Waals surface area contributed by atoms with Crippen molar-refractivity contribution >= 4 is 54.5 Å². The second-order valence-corrected chi connectivity index (χ2v) is 14.2. The summed E-state index contributed by atoms with van der Waals surface area (Å²) in [5, 5.41) is 5.94. The van der Waals surface area contributed by atoms with Gasteiger partial charge in [-0.1, -0.05) is 141 Å². The maximum atomic E-state index is 5.48. The van der Waals surface area contributed by atoms with Crippen LogP contribution >= 0.6 is 0 Å². The van der Waals surface area contributed by atoms with Gasteiger partial charge in [-0.3, -0.25) is 4.57 Å². The lowest BCUT2D eigenvalue weighted by atomic mass is 9.80. The summed E-state index contributed by atoms with van der Waals surface area (Å²) in [6.07, 6.45) is 0. The maximum absolute atomic E-state index is 5.48. The Labute approximate surface area is 294 Å². The van der Waals surface area contributed by atoms with Gasteiger partial charge in [0.15, 0.2) is 0 Å². The predicted octanol–water partition coefficient (Wildman–Crippen LogP) is 11.8. The molecule has 0 atom stereocenters. The molecule has 0 unspecified atom stereocenters. The first-order valence-corrected chi connectivity index (χ1v) is 17.6. The quantitative estimate of drug-likeness (QED) is 0.190. The summed E-state index contributed by atoms with van der Waals surface area (Å²) in [7, 11) is 0. The van der Waals surface area contributed by atoms with Crippen LogP contribution in [-0.4, -0.2) is 19.1 Å². The highest BCUT2D eigenvalue weighted by molar-refractivity contribution is 6.31. The van der Waals surface area contributed by atoms with E-state index in [1.807, 2.05) is 0 Å². The van der Waals surface area contributed by atoms with E-state index in [9.17, 15) is 0 Å². The third-order valence-corrected chi connectivity index (χ3v) is 11.1. The van der Waals surface area contributed by atoms with Gasteiger partial charge in [-0.2, -0.15) is 0 Å². The smallest absolute Gasteiger partial charge is 0.235 e. The van der Waals surface area contributed by atoms with Crippen LogP contribution in [0.1, 0.15) is 25.0 Å². The van der Waals surface area contributed by atoms with E-state index in [2.05, 4.69) is 181 Å². The molecule has 3 aromatic heterocycles. The maximum Gasteiger partial charge on any atom is 0.235 e. The SMILES string of the molecule is CC1(C)c2ccccc2-c2c1c1c3ccccc3n(-c3nc(-c4ccccc4)c4ccccc4n3)c1c1c3ccccc3n(-c3ccccc3)c21.